The fourth-order valence-electron chi connectivity index (χ4n) is 2.83. The lowest BCUT2D eigenvalue weighted by Gasteiger charge is -2.34. The number of hydrogen-bond acceptors (Lipinski definition) is 3. The number of amides is 1. The van der Waals surface area contributed by atoms with Crippen LogP contribution in [-0.2, 0) is 4.74 Å². The van der Waals surface area contributed by atoms with Gasteiger partial charge in [-0.3, -0.25) is 0 Å². The first-order valence-electron chi connectivity index (χ1n) is 6.70. The molecule has 0 aromatic heterocycles. The predicted molar refractivity (Wildman–Crippen MR) is 65.0 cm³/mol. The molecule has 1 saturated heterocycles. The number of nitrogens with zero attached hydrogens (tertiary/aromatic N) is 1. The van der Waals surface area contributed by atoms with Crippen LogP contribution in [0.5, 0.6) is 0 Å². The molecule has 4 nitrogen and oxygen atoms in total. The highest BCUT2D eigenvalue weighted by Gasteiger charge is 2.69. The second-order valence-corrected chi connectivity index (χ2v) is 6.69. The molecule has 0 spiro atoms. The molecule has 2 fully saturated rings. The first-order chi connectivity index (χ1) is 8.97. The number of halogens is 3. The molecule has 0 bridgehead atoms. The summed E-state index contributed by atoms with van der Waals surface area (Å²) in [7, 11) is 0. The van der Waals surface area contributed by atoms with Crippen LogP contribution in [0.15, 0.2) is 0 Å². The minimum atomic E-state index is -4.52. The molecule has 2 unspecified atom stereocenters. The van der Waals surface area contributed by atoms with E-state index in [2.05, 4.69) is 0 Å². The monoisotopic (exact) mass is 295 g/mol. The Bertz CT molecular complexity index is 401. The van der Waals surface area contributed by atoms with Gasteiger partial charge in [-0.2, -0.15) is 13.2 Å². The molecule has 1 amide bonds. The topological polar surface area (TPSA) is 49.8 Å². The van der Waals surface area contributed by atoms with Gasteiger partial charge in [-0.15, -0.1) is 0 Å². The Labute approximate surface area is 115 Å². The van der Waals surface area contributed by atoms with E-state index in [1.807, 2.05) is 0 Å². The van der Waals surface area contributed by atoms with Gasteiger partial charge in [0.05, 0.1) is 12.6 Å². The number of carbonyl (C=O) groups is 1. The van der Waals surface area contributed by atoms with E-state index in [4.69, 9.17) is 4.74 Å². The number of alkyl halides is 3. The van der Waals surface area contributed by atoms with E-state index < -0.39 is 41.9 Å². The second-order valence-electron chi connectivity index (χ2n) is 6.69. The van der Waals surface area contributed by atoms with Crippen LogP contribution < -0.4 is 0 Å². The molecule has 0 aromatic rings. The molecule has 7 heteroatoms. The first kappa shape index (κ1) is 15.4. The molecule has 1 aliphatic heterocycles. The highest BCUT2D eigenvalue weighted by atomic mass is 19.4. The molecule has 1 saturated carbocycles. The van der Waals surface area contributed by atoms with Crippen molar-refractivity contribution < 1.29 is 27.8 Å². The predicted octanol–water partition coefficient (Wildman–Crippen LogP) is 2.56. The molecule has 1 aliphatic carbocycles. The van der Waals surface area contributed by atoms with Crippen molar-refractivity contribution >= 4 is 6.09 Å². The number of aliphatic hydroxyl groups excluding tert-OH is 1. The van der Waals surface area contributed by atoms with E-state index in [9.17, 15) is 23.1 Å². The average molecular weight is 295 g/mol. The Kier molecular flexibility index (Phi) is 3.48. The summed E-state index contributed by atoms with van der Waals surface area (Å²) in [5.74, 6) is -0.593. The summed E-state index contributed by atoms with van der Waals surface area (Å²) in [5, 5.41) is 9.93. The van der Waals surface area contributed by atoms with E-state index in [0.717, 1.165) is 4.90 Å². The van der Waals surface area contributed by atoms with Crippen molar-refractivity contribution in [1.82, 2.24) is 4.90 Å². The van der Waals surface area contributed by atoms with Gasteiger partial charge in [0, 0.05) is 6.54 Å². The van der Waals surface area contributed by atoms with Crippen molar-refractivity contribution in [3.63, 3.8) is 0 Å². The SMILES string of the molecule is CC(C)(C)OC(=O)N1CC(O)C(C2CC2)(C(F)(F)F)C1. The van der Waals surface area contributed by atoms with Gasteiger partial charge in [0.1, 0.15) is 11.0 Å². The summed E-state index contributed by atoms with van der Waals surface area (Å²) in [5.41, 5.74) is -2.96. The van der Waals surface area contributed by atoms with Gasteiger partial charge in [-0.05, 0) is 39.5 Å². The molecular formula is C13H20F3NO3. The van der Waals surface area contributed by atoms with Crippen LogP contribution >= 0.6 is 0 Å². The molecule has 20 heavy (non-hydrogen) atoms. The van der Waals surface area contributed by atoms with Crippen molar-refractivity contribution in [2.45, 2.75) is 51.5 Å². The van der Waals surface area contributed by atoms with Crippen LogP contribution in [0.1, 0.15) is 33.6 Å². The number of rotatable bonds is 1. The minimum Gasteiger partial charge on any atom is -0.444 e. The zero-order valence-electron chi connectivity index (χ0n) is 11.8. The lowest BCUT2D eigenvalue weighted by atomic mass is 9.79. The Morgan fingerprint density at radius 2 is 1.85 bits per heavy atom. The Balaban J connectivity index is 2.17. The number of β-amino-alcohol motifs (C(OH)–C–C–N with tert-alkyl or cyclic N) is 1. The zero-order chi connectivity index (χ0) is 15.3. The highest BCUT2D eigenvalue weighted by Crippen LogP contribution is 2.59. The van der Waals surface area contributed by atoms with E-state index in [0.29, 0.717) is 12.8 Å². The second kappa shape index (κ2) is 4.51. The lowest BCUT2D eigenvalue weighted by molar-refractivity contribution is -0.250. The summed E-state index contributed by atoms with van der Waals surface area (Å²) < 4.78 is 45.3. The van der Waals surface area contributed by atoms with E-state index in [1.54, 1.807) is 20.8 Å². The number of carbonyl (C=O) groups excluding carboxylic acids is 1. The molecule has 0 aromatic carbocycles. The normalized spacial score (nSPS) is 31.6. The molecule has 1 heterocycles. The van der Waals surface area contributed by atoms with Crippen LogP contribution in [0.4, 0.5) is 18.0 Å². The molecule has 2 aliphatic rings. The minimum absolute atomic E-state index is 0.328. The van der Waals surface area contributed by atoms with Gasteiger partial charge in [0.25, 0.3) is 0 Å². The van der Waals surface area contributed by atoms with E-state index in [-0.39, 0.29) is 6.54 Å². The van der Waals surface area contributed by atoms with Gasteiger partial charge in [-0.1, -0.05) is 0 Å². The molecule has 2 rings (SSSR count). The molecule has 2 atom stereocenters. The van der Waals surface area contributed by atoms with Crippen LogP contribution in [0.25, 0.3) is 0 Å². The number of ether oxygens (including phenoxy) is 1. The van der Waals surface area contributed by atoms with Gasteiger partial charge in [0.2, 0.25) is 0 Å². The molecule has 1 N–H and O–H groups in total. The van der Waals surface area contributed by atoms with Crippen LogP contribution in [0.2, 0.25) is 0 Å². The summed E-state index contributed by atoms with van der Waals surface area (Å²) in [6, 6.07) is 0. The third-order valence-electron chi connectivity index (χ3n) is 3.93. The van der Waals surface area contributed by atoms with Gasteiger partial charge in [0.15, 0.2) is 0 Å². The third-order valence-corrected chi connectivity index (χ3v) is 3.93. The Morgan fingerprint density at radius 3 is 2.25 bits per heavy atom. The van der Waals surface area contributed by atoms with E-state index in [1.165, 1.54) is 0 Å². The number of aliphatic hydroxyl groups is 1. The summed E-state index contributed by atoms with van der Waals surface area (Å²) in [6.45, 7) is 4.10. The van der Waals surface area contributed by atoms with Crippen molar-refractivity contribution in [1.29, 1.82) is 0 Å². The van der Waals surface area contributed by atoms with Crippen LogP contribution in [0, 0.1) is 11.3 Å². The zero-order valence-corrected chi connectivity index (χ0v) is 11.8. The van der Waals surface area contributed by atoms with E-state index >= 15 is 0 Å². The average Bonchev–Trinajstić information content (AvgIpc) is 2.98. The maximum atomic E-state index is 13.4. The summed E-state index contributed by atoms with van der Waals surface area (Å²) >= 11 is 0. The van der Waals surface area contributed by atoms with Gasteiger partial charge >= 0.3 is 12.3 Å². The summed E-state index contributed by atoms with van der Waals surface area (Å²) in [4.78, 5) is 12.9. The third kappa shape index (κ3) is 2.60. The maximum Gasteiger partial charge on any atom is 0.410 e. The number of hydrogen-bond donors (Lipinski definition) is 1. The standard InChI is InChI=1S/C13H20F3NO3/c1-11(2,3)20-10(19)17-6-9(18)12(7-17,8-4-5-8)13(14,15)16/h8-9,18H,4-7H2,1-3H3. The smallest absolute Gasteiger partial charge is 0.410 e. The van der Waals surface area contributed by atoms with Gasteiger partial charge < -0.3 is 14.7 Å². The fourth-order valence-corrected chi connectivity index (χ4v) is 2.83. The van der Waals surface area contributed by atoms with Crippen LogP contribution in [-0.4, -0.2) is 47.1 Å². The summed E-state index contributed by atoms with van der Waals surface area (Å²) in [6.07, 6.45) is -6.02. The quantitative estimate of drug-likeness (QED) is 0.809. The fraction of sp³-hybridized carbons (Fsp3) is 0.923. The molecule has 116 valence electrons. The van der Waals surface area contributed by atoms with Crippen molar-refractivity contribution in [3.05, 3.63) is 0 Å². The molecular weight excluding hydrogens is 275 g/mol. The number of likely N-dealkylation sites (tertiary alicyclic amines) is 1. The van der Waals surface area contributed by atoms with Crippen molar-refractivity contribution in [2.24, 2.45) is 11.3 Å². The Hall–Kier alpha value is -0.980. The largest absolute Gasteiger partial charge is 0.444 e. The maximum absolute atomic E-state index is 13.4. The van der Waals surface area contributed by atoms with Crippen molar-refractivity contribution in [2.75, 3.05) is 13.1 Å². The lowest BCUT2D eigenvalue weighted by Crippen LogP contribution is -2.49. The van der Waals surface area contributed by atoms with Crippen LogP contribution in [0.3, 0.4) is 0 Å². The first-order valence-corrected chi connectivity index (χ1v) is 6.70. The highest BCUT2D eigenvalue weighted by molar-refractivity contribution is 5.69. The molecule has 0 radical (unpaired) electrons. The van der Waals surface area contributed by atoms with Crippen molar-refractivity contribution in [3.8, 4) is 0 Å². The Morgan fingerprint density at radius 1 is 1.30 bits per heavy atom. The van der Waals surface area contributed by atoms with Gasteiger partial charge in [-0.25, -0.2) is 4.79 Å².